The van der Waals surface area contributed by atoms with Crippen molar-refractivity contribution in [2.24, 2.45) is 4.99 Å². The summed E-state index contributed by atoms with van der Waals surface area (Å²) in [5, 5.41) is 1.71. The third-order valence-corrected chi connectivity index (χ3v) is 8.52. The maximum atomic E-state index is 14.7. The monoisotopic (exact) mass is 387 g/mol. The summed E-state index contributed by atoms with van der Waals surface area (Å²) < 4.78 is 14.7. The van der Waals surface area contributed by atoms with Crippen LogP contribution in [0.4, 0.5) is 5.69 Å². The fourth-order valence-electron chi connectivity index (χ4n) is 3.45. The van der Waals surface area contributed by atoms with E-state index >= 15 is 0 Å². The fraction of sp³-hybridized carbons (Fsp3) is 0.160. The van der Waals surface area contributed by atoms with Crippen molar-refractivity contribution < 1.29 is 4.57 Å². The van der Waals surface area contributed by atoms with Gasteiger partial charge in [-0.2, -0.15) is 0 Å². The number of allylic oxidation sites excluding steroid dienone is 1. The van der Waals surface area contributed by atoms with Crippen LogP contribution >= 0.6 is 7.14 Å². The Labute approximate surface area is 168 Å². The van der Waals surface area contributed by atoms with E-state index in [0.717, 1.165) is 22.0 Å². The van der Waals surface area contributed by atoms with Crippen molar-refractivity contribution in [1.29, 1.82) is 0 Å². The Morgan fingerprint density at radius 1 is 0.929 bits per heavy atom. The van der Waals surface area contributed by atoms with Crippen molar-refractivity contribution in [1.82, 2.24) is 0 Å². The van der Waals surface area contributed by atoms with Crippen LogP contribution in [0.25, 0.3) is 0 Å². The van der Waals surface area contributed by atoms with Gasteiger partial charge in [-0.25, -0.2) is 0 Å². The Kier molecular flexibility index (Phi) is 6.44. The van der Waals surface area contributed by atoms with E-state index < -0.39 is 7.14 Å². The number of nitrogens with zero attached hydrogens (tertiary/aromatic N) is 1. The van der Waals surface area contributed by atoms with Gasteiger partial charge >= 0.3 is 0 Å². The Hall–Kier alpha value is -2.70. The molecule has 3 heteroatoms. The van der Waals surface area contributed by atoms with E-state index in [9.17, 15) is 4.57 Å². The van der Waals surface area contributed by atoms with Crippen LogP contribution in [-0.4, -0.2) is 11.4 Å². The molecule has 3 aromatic rings. The molecule has 0 bridgehead atoms. The SMILES string of the molecule is C=CCC(C(C)=Nc1ccc(C)cc1)P(=O)(c1ccccc1)c1ccccc1. The zero-order valence-electron chi connectivity index (χ0n) is 16.5. The molecule has 0 aromatic heterocycles. The molecular weight excluding hydrogens is 361 g/mol. The van der Waals surface area contributed by atoms with E-state index in [4.69, 9.17) is 4.99 Å². The molecule has 0 fully saturated rings. The van der Waals surface area contributed by atoms with Crippen LogP contribution in [0.2, 0.25) is 0 Å². The smallest absolute Gasteiger partial charge is 0.151 e. The molecular formula is C25H26NOP. The van der Waals surface area contributed by atoms with Gasteiger partial charge in [0.2, 0.25) is 0 Å². The molecule has 28 heavy (non-hydrogen) atoms. The van der Waals surface area contributed by atoms with E-state index in [1.54, 1.807) is 0 Å². The minimum absolute atomic E-state index is 0.240. The van der Waals surface area contributed by atoms with E-state index in [1.165, 1.54) is 5.56 Å². The average Bonchev–Trinajstić information content (AvgIpc) is 2.74. The van der Waals surface area contributed by atoms with Crippen LogP contribution in [0.3, 0.4) is 0 Å². The van der Waals surface area contributed by atoms with Gasteiger partial charge in [0.1, 0.15) is 0 Å². The predicted octanol–water partition coefficient (Wildman–Crippen LogP) is 6.05. The molecule has 0 spiro atoms. The standard InChI is InChI=1S/C25H26NOP/c1-4-11-25(21(3)26-22-18-16-20(2)17-19-22)28(27,23-12-7-5-8-13-23)24-14-9-6-10-15-24/h4-10,12-19,25H,1,11H2,2-3H3. The van der Waals surface area contributed by atoms with Gasteiger partial charge in [-0.15, -0.1) is 6.58 Å². The number of aryl methyl sites for hydroxylation is 1. The second kappa shape index (κ2) is 8.99. The first-order chi connectivity index (χ1) is 13.6. The Bertz CT molecular complexity index is 948. The molecule has 0 heterocycles. The van der Waals surface area contributed by atoms with Crippen molar-refractivity contribution in [3.63, 3.8) is 0 Å². The van der Waals surface area contributed by atoms with Crippen LogP contribution in [-0.2, 0) is 4.57 Å². The van der Waals surface area contributed by atoms with Gasteiger partial charge in [0.25, 0.3) is 0 Å². The average molecular weight is 387 g/mol. The summed E-state index contributed by atoms with van der Waals surface area (Å²) in [6.45, 7) is 7.96. The molecule has 0 aliphatic heterocycles. The lowest BCUT2D eigenvalue weighted by molar-refractivity contribution is 0.583. The lowest BCUT2D eigenvalue weighted by Crippen LogP contribution is -2.30. The van der Waals surface area contributed by atoms with Crippen molar-refractivity contribution in [2.75, 3.05) is 0 Å². The summed E-state index contributed by atoms with van der Waals surface area (Å²) in [5.41, 5.74) is 2.69. The number of rotatable bonds is 7. The van der Waals surface area contributed by atoms with Gasteiger partial charge < -0.3 is 4.57 Å². The van der Waals surface area contributed by atoms with Crippen molar-refractivity contribution in [3.05, 3.63) is 103 Å². The second-order valence-electron chi connectivity index (χ2n) is 6.96. The van der Waals surface area contributed by atoms with Gasteiger partial charge in [-0.3, -0.25) is 4.99 Å². The highest BCUT2D eigenvalue weighted by Crippen LogP contribution is 2.51. The van der Waals surface area contributed by atoms with Gasteiger partial charge in [0.05, 0.1) is 11.3 Å². The number of hydrogen-bond donors (Lipinski definition) is 0. The molecule has 0 N–H and O–H groups in total. The van der Waals surface area contributed by atoms with Crippen LogP contribution in [0.5, 0.6) is 0 Å². The third kappa shape index (κ3) is 4.24. The van der Waals surface area contributed by atoms with Crippen molar-refractivity contribution >= 4 is 29.2 Å². The summed E-state index contributed by atoms with van der Waals surface area (Å²) >= 11 is 0. The molecule has 3 aromatic carbocycles. The topological polar surface area (TPSA) is 29.4 Å². The largest absolute Gasteiger partial charge is 0.313 e. The highest BCUT2D eigenvalue weighted by atomic mass is 31.2. The quantitative estimate of drug-likeness (QED) is 0.276. The molecule has 0 aliphatic rings. The number of benzene rings is 3. The summed E-state index contributed by atoms with van der Waals surface area (Å²) in [6.07, 6.45) is 2.44. The molecule has 3 rings (SSSR count). The van der Waals surface area contributed by atoms with Gasteiger partial charge in [-0.05, 0) is 32.4 Å². The van der Waals surface area contributed by atoms with E-state index in [-0.39, 0.29) is 5.66 Å². The minimum atomic E-state index is -2.96. The molecule has 1 unspecified atom stereocenters. The van der Waals surface area contributed by atoms with Crippen LogP contribution in [0.15, 0.2) is 103 Å². The summed E-state index contributed by atoms with van der Waals surface area (Å²) in [7, 11) is -2.96. The predicted molar refractivity (Wildman–Crippen MR) is 122 cm³/mol. The van der Waals surface area contributed by atoms with Crippen molar-refractivity contribution in [2.45, 2.75) is 25.9 Å². The maximum Gasteiger partial charge on any atom is 0.151 e. The highest BCUT2D eigenvalue weighted by Gasteiger charge is 2.37. The highest BCUT2D eigenvalue weighted by molar-refractivity contribution is 7.80. The minimum Gasteiger partial charge on any atom is -0.313 e. The number of hydrogen-bond acceptors (Lipinski definition) is 2. The Morgan fingerprint density at radius 2 is 1.43 bits per heavy atom. The summed E-state index contributed by atoms with van der Waals surface area (Å²) in [5.74, 6) is 0. The molecule has 142 valence electrons. The first-order valence-corrected chi connectivity index (χ1v) is 11.3. The zero-order valence-corrected chi connectivity index (χ0v) is 17.3. The van der Waals surface area contributed by atoms with Gasteiger partial charge in [0.15, 0.2) is 7.14 Å². The first kappa shape index (κ1) is 20.0. The van der Waals surface area contributed by atoms with E-state index in [0.29, 0.717) is 6.42 Å². The first-order valence-electron chi connectivity index (χ1n) is 9.49. The van der Waals surface area contributed by atoms with Gasteiger partial charge in [0, 0.05) is 16.3 Å². The lowest BCUT2D eigenvalue weighted by atomic mass is 10.2. The van der Waals surface area contributed by atoms with Crippen LogP contribution in [0, 0.1) is 6.92 Å². The molecule has 0 radical (unpaired) electrons. The molecule has 0 saturated carbocycles. The Balaban J connectivity index is 2.15. The van der Waals surface area contributed by atoms with E-state index in [2.05, 4.69) is 13.5 Å². The van der Waals surface area contributed by atoms with Crippen LogP contribution in [0.1, 0.15) is 18.9 Å². The fourth-order valence-corrected chi connectivity index (χ4v) is 6.72. The normalized spacial score (nSPS) is 13.1. The Morgan fingerprint density at radius 3 is 1.89 bits per heavy atom. The lowest BCUT2D eigenvalue weighted by Gasteiger charge is -2.28. The van der Waals surface area contributed by atoms with Crippen molar-refractivity contribution in [3.8, 4) is 0 Å². The second-order valence-corrected chi connectivity index (χ2v) is 9.93. The van der Waals surface area contributed by atoms with Gasteiger partial charge in [-0.1, -0.05) is 84.4 Å². The molecule has 0 saturated heterocycles. The molecule has 1 atom stereocenters. The van der Waals surface area contributed by atoms with E-state index in [1.807, 2.05) is 97.9 Å². The summed E-state index contributed by atoms with van der Waals surface area (Å²) in [4.78, 5) is 4.83. The molecule has 2 nitrogen and oxygen atoms in total. The molecule has 0 aliphatic carbocycles. The summed E-state index contributed by atoms with van der Waals surface area (Å²) in [6, 6.07) is 27.6. The zero-order chi connectivity index (χ0) is 20.0. The number of aliphatic imine (C=N–C) groups is 1. The third-order valence-electron chi connectivity index (χ3n) is 4.93. The maximum absolute atomic E-state index is 14.7. The van der Waals surface area contributed by atoms with Crippen LogP contribution < -0.4 is 10.6 Å². The molecule has 0 amide bonds.